The summed E-state index contributed by atoms with van der Waals surface area (Å²) in [5, 5.41) is 20.3. The van der Waals surface area contributed by atoms with Gasteiger partial charge in [0.1, 0.15) is 5.82 Å². The number of halogens is 1. The van der Waals surface area contributed by atoms with Gasteiger partial charge in [0.25, 0.3) is 0 Å². The molecule has 129 heavy (non-hydrogen) atoms. The molecule has 0 atom stereocenters. The fourth-order valence-corrected chi connectivity index (χ4v) is 23.9. The first kappa shape index (κ1) is 84.8. The molecule has 2 radical (unpaired) electrons. The maximum Gasteiger partial charge on any atom is 0.123 e. The molecule has 13 heteroatoms. The van der Waals surface area contributed by atoms with E-state index in [0.717, 1.165) is 89.2 Å². The molecule has 6 nitrogen and oxygen atoms in total. The Labute approximate surface area is 802 Å². The smallest absolute Gasteiger partial charge is 0.123 e. The number of aryl methyl sites for hydroxylation is 3. The van der Waals surface area contributed by atoms with Crippen LogP contribution < -0.4 is 10.4 Å². The van der Waals surface area contributed by atoms with Crippen molar-refractivity contribution in [2.24, 2.45) is 11.3 Å². The molecule has 6 heterocycles. The maximum atomic E-state index is 14.3. The number of nitrogens with zero attached hydrogens (tertiary/aromatic N) is 6. The number of pyridine rings is 2. The summed E-state index contributed by atoms with van der Waals surface area (Å²) >= 11 is 3.64. The Hall–Kier alpha value is -11.1. The van der Waals surface area contributed by atoms with Crippen LogP contribution in [0, 0.1) is 62.1 Å². The summed E-state index contributed by atoms with van der Waals surface area (Å²) in [7, 11) is -3.15. The first-order chi connectivity index (χ1) is 63.0. The van der Waals surface area contributed by atoms with Gasteiger partial charge in [-0.3, -0.25) is 9.97 Å². The number of imidazole rings is 2. The molecule has 0 aliphatic heterocycles. The van der Waals surface area contributed by atoms with Gasteiger partial charge in [-0.15, -0.1) is 108 Å². The van der Waals surface area contributed by atoms with E-state index < -0.39 is 34.8 Å². The molecule has 0 bridgehead atoms. The van der Waals surface area contributed by atoms with E-state index in [4.69, 9.17) is 16.8 Å². The average Bonchev–Trinajstić information content (AvgIpc) is 1.44. The quantitative estimate of drug-likeness (QED) is 0.0656. The second-order valence-electron chi connectivity index (χ2n) is 37.8. The maximum absolute atomic E-state index is 14.3. The monoisotopic (exact) mass is 2110 g/mol. The van der Waals surface area contributed by atoms with Crippen LogP contribution in [-0.4, -0.2) is 45.2 Å². The van der Waals surface area contributed by atoms with Gasteiger partial charge in [0.2, 0.25) is 0 Å². The fourth-order valence-electron chi connectivity index (χ4n) is 18.4. The third kappa shape index (κ3) is 18.1. The van der Waals surface area contributed by atoms with Crippen molar-refractivity contribution in [3.05, 3.63) is 348 Å². The summed E-state index contributed by atoms with van der Waals surface area (Å²) in [6, 6.07) is 106. The summed E-state index contributed by atoms with van der Waals surface area (Å²) in [6.45, 7) is 35.0. The standard InChI is InChI=1S/C43H33N2S.C35H22FN2S.C20H28NSi.C18H24NSi.2Ir/c1-25(2)35-24-28-13-6-8-15-30(28)39(26(3)4)41(35)45-37-19-10-9-18-36(37)44-43(45)34-17-11-16-33-40-32-21-20-27-12-5-7-14-29(27)31(32)22-23-38(40)46-42(33)34;1-20-16-24(36)17-21(2)33(20)38-31-13-6-5-12-30(31)37-35(38)27-11-7-10-26-29-19-28-23(18-32(29)39-34(26)27)15-14-22-8-3-4-9-25(22)28;1-15-8-10-16(11-9-15)18-12-17(13-20(2,3)4)19(14-21-18)22(5,6)7;1-14(2)11-16-12-17(15-9-7-6-8-10-15)19-13-18(16)20(3,4)5;;/h5-16,18-26H,1-4H3;3-10,12-19H,1-2H3;8-10,12,14H,13H2,1-7H3;6-9,12-14H,11H2,1-5H3;;/q4*-1;;/i;;1D3,13D2;;;. The molecule has 0 unspecified atom stereocenters. The van der Waals surface area contributed by atoms with Crippen LogP contribution in [0.15, 0.2) is 279 Å². The van der Waals surface area contributed by atoms with Crippen molar-refractivity contribution < 1.29 is 51.5 Å². The predicted molar refractivity (Wildman–Crippen MR) is 551 cm³/mol. The van der Waals surface area contributed by atoms with Gasteiger partial charge < -0.3 is 19.1 Å². The molecule has 6 aromatic heterocycles. The number of aromatic nitrogens is 6. The zero-order valence-electron chi connectivity index (χ0n) is 81.0. The van der Waals surface area contributed by atoms with E-state index in [1.165, 1.54) is 123 Å². The van der Waals surface area contributed by atoms with E-state index in [9.17, 15) is 4.39 Å². The largest absolute Gasteiger partial charge is 0.333 e. The minimum absolute atomic E-state index is 0. The van der Waals surface area contributed by atoms with Crippen LogP contribution in [0.5, 0.6) is 0 Å². The second-order valence-corrected chi connectivity index (χ2v) is 50.0. The van der Waals surface area contributed by atoms with E-state index >= 15 is 0 Å². The topological polar surface area (TPSA) is 61.4 Å². The predicted octanol–water partition coefficient (Wildman–Crippen LogP) is 31.8. The van der Waals surface area contributed by atoms with E-state index in [-0.39, 0.29) is 51.6 Å². The van der Waals surface area contributed by atoms with Crippen molar-refractivity contribution in [2.45, 2.75) is 147 Å². The molecule has 0 saturated carbocycles. The van der Waals surface area contributed by atoms with E-state index in [0.29, 0.717) is 34.6 Å². The SMILES string of the molecule is CC(C)Cc1cc(-c2[c-]cccc2)ncc1[Si](C)(C)C.CC(C)c1cc2ccccc2c(C(C)C)c1-n1c(-c2[c-]ccc3c2sc2ccc4c5ccccc5ccc4c23)nc2ccccc21.Cc1cc(F)cc(C)c1-n1c(-c2[c-]ccc3c2sc2cc4ccc5ccccc5c4cc23)nc2ccccc21.[2H]C([2H])([2H])c1c[c-]c(-c2cc(C([2H])([2H])C(C)(C)C)c([Si](C)(C)C)cn2)cc1.[Ir].[Ir]. The van der Waals surface area contributed by atoms with Crippen LogP contribution in [0.25, 0.3) is 173 Å². The third-order valence-electron chi connectivity index (χ3n) is 24.1. The molecule has 0 saturated heterocycles. The Morgan fingerprint density at radius 2 is 0.969 bits per heavy atom. The summed E-state index contributed by atoms with van der Waals surface area (Å²) in [4.78, 5) is 19.8. The van der Waals surface area contributed by atoms with E-state index in [2.05, 4.69) is 318 Å². The van der Waals surface area contributed by atoms with Gasteiger partial charge >= 0.3 is 0 Å². The molecule has 21 rings (SSSR count). The van der Waals surface area contributed by atoms with Gasteiger partial charge in [-0.1, -0.05) is 281 Å². The van der Waals surface area contributed by atoms with Gasteiger partial charge in [-0.05, 0) is 229 Å². The Kier molecular flexibility index (Phi) is 24.4. The minimum Gasteiger partial charge on any atom is -0.333 e. The van der Waals surface area contributed by atoms with Crippen LogP contribution in [-0.2, 0) is 53.0 Å². The van der Waals surface area contributed by atoms with Crippen LogP contribution in [0.2, 0.25) is 39.3 Å². The Morgan fingerprint density at radius 1 is 0.450 bits per heavy atom. The van der Waals surface area contributed by atoms with Crippen LogP contribution in [0.1, 0.15) is 120 Å². The van der Waals surface area contributed by atoms with Gasteiger partial charge in [-0.2, -0.15) is 22.7 Å². The average molecular weight is 2110 g/mol. The first-order valence-corrected chi connectivity index (χ1v) is 52.8. The number of benzene rings is 15. The molecule has 0 amide bonds. The number of thiophene rings is 2. The zero-order chi connectivity index (χ0) is 92.9. The number of hydrogen-bond donors (Lipinski definition) is 0. The molecular weight excluding hydrogens is 2000 g/mol. The first-order valence-electron chi connectivity index (χ1n) is 46.6. The van der Waals surface area contributed by atoms with Crippen molar-refractivity contribution >= 4 is 165 Å². The van der Waals surface area contributed by atoms with Crippen molar-refractivity contribution in [1.29, 1.82) is 0 Å². The molecule has 0 aliphatic carbocycles. The van der Waals surface area contributed by atoms with Crippen molar-refractivity contribution in [3.63, 3.8) is 0 Å². The van der Waals surface area contributed by atoms with Gasteiger partial charge in [0.15, 0.2) is 0 Å². The van der Waals surface area contributed by atoms with Crippen LogP contribution >= 0.6 is 22.7 Å². The third-order valence-corrected chi connectivity index (χ3v) is 30.6. The van der Waals surface area contributed by atoms with Crippen LogP contribution in [0.4, 0.5) is 4.39 Å². The number of hydrogen-bond acceptors (Lipinski definition) is 6. The van der Waals surface area contributed by atoms with E-state index in [1.807, 2.05) is 94.5 Å². The second kappa shape index (κ2) is 37.1. The molecule has 15 aromatic carbocycles. The zero-order valence-corrected chi connectivity index (χ0v) is 84.5. The van der Waals surface area contributed by atoms with Crippen molar-refractivity contribution in [1.82, 2.24) is 29.1 Å². The number of rotatable bonds is 13. The molecule has 650 valence electrons. The van der Waals surface area contributed by atoms with Crippen molar-refractivity contribution in [2.75, 3.05) is 0 Å². The summed E-state index contributed by atoms with van der Waals surface area (Å²) in [6.07, 6.45) is 3.51. The van der Waals surface area contributed by atoms with Crippen LogP contribution in [0.3, 0.4) is 0 Å². The van der Waals surface area contributed by atoms with Gasteiger partial charge in [0, 0.05) is 80.2 Å². The molecule has 0 aliphatic rings. The molecule has 0 N–H and O–H groups in total. The Balaban J connectivity index is 0.000000135. The Bertz CT molecular complexity index is 8030. The molecule has 21 aromatic rings. The molecule has 0 spiro atoms. The van der Waals surface area contributed by atoms with Gasteiger partial charge in [0.05, 0.1) is 49.9 Å². The molecule has 0 fully saturated rings. The normalized spacial score (nSPS) is 12.8. The van der Waals surface area contributed by atoms with E-state index in [1.54, 1.807) is 41.8 Å². The number of fused-ring (bicyclic) bond motifs is 16. The summed E-state index contributed by atoms with van der Waals surface area (Å²) in [5.41, 5.74) is 17.9. The Morgan fingerprint density at radius 3 is 1.55 bits per heavy atom. The molecular formula is C116H107FIr2N6S2Si2-4. The summed E-state index contributed by atoms with van der Waals surface area (Å²) < 4.78 is 63.9. The number of para-hydroxylation sites is 4. The van der Waals surface area contributed by atoms with Crippen molar-refractivity contribution in [3.8, 4) is 56.7 Å². The summed E-state index contributed by atoms with van der Waals surface area (Å²) in [5.74, 6) is 2.86. The van der Waals surface area contributed by atoms with Gasteiger partial charge in [-0.25, -0.2) is 4.39 Å². The fraction of sp³-hybridized carbons (Fsp3) is 0.207. The minimum atomic E-state index is -2.17.